The van der Waals surface area contributed by atoms with Crippen molar-refractivity contribution in [1.29, 1.82) is 0 Å². The van der Waals surface area contributed by atoms with E-state index in [1.165, 1.54) is 86.1 Å². The predicted molar refractivity (Wildman–Crippen MR) is 200 cm³/mol. The lowest BCUT2D eigenvalue weighted by Crippen LogP contribution is -2.17. The molecule has 0 N–H and O–H groups in total. The molecule has 2 aliphatic rings. The van der Waals surface area contributed by atoms with E-state index < -0.39 is 0 Å². The van der Waals surface area contributed by atoms with Crippen molar-refractivity contribution in [2.45, 2.75) is 6.92 Å². The van der Waals surface area contributed by atoms with Crippen LogP contribution in [-0.2, 0) is 0 Å². The fraction of sp³-hybridized carbons (Fsp3) is 0.0698. The molecule has 0 bridgehead atoms. The van der Waals surface area contributed by atoms with Crippen LogP contribution in [0.15, 0.2) is 151 Å². The lowest BCUT2D eigenvalue weighted by molar-refractivity contribution is 0.586. The minimum absolute atomic E-state index is 0.463. The van der Waals surface area contributed by atoms with Crippen LogP contribution in [0.2, 0.25) is 0 Å². The molecule has 0 nitrogen and oxygen atoms in total. The Bertz CT molecular complexity index is 2430. The Morgan fingerprint density at radius 2 is 1.13 bits per heavy atom. The maximum Gasteiger partial charge on any atom is 0.142 e. The Labute approximate surface area is 268 Å². The monoisotopic (exact) mass is 590 g/mol. The molecule has 2 unspecified atom stereocenters. The van der Waals surface area contributed by atoms with E-state index in [9.17, 15) is 0 Å². The van der Waals surface area contributed by atoms with Gasteiger partial charge in [-0.15, -0.1) is 11.3 Å². The number of hydrogen-bond acceptors (Lipinski definition) is 1. The summed E-state index contributed by atoms with van der Waals surface area (Å²) in [6, 6.07) is 40.6. The van der Waals surface area contributed by atoms with E-state index in [1.807, 2.05) is 11.3 Å². The van der Waals surface area contributed by atoms with Crippen LogP contribution < -0.4 is 5.46 Å². The molecule has 9 rings (SSSR count). The van der Waals surface area contributed by atoms with Crippen molar-refractivity contribution < 1.29 is 0 Å². The van der Waals surface area contributed by atoms with Gasteiger partial charge in [-0.1, -0.05) is 134 Å². The van der Waals surface area contributed by atoms with E-state index in [1.54, 1.807) is 0 Å². The maximum absolute atomic E-state index is 2.40. The van der Waals surface area contributed by atoms with Gasteiger partial charge in [0.15, 0.2) is 0 Å². The minimum atomic E-state index is 0.463. The predicted octanol–water partition coefficient (Wildman–Crippen LogP) is 10.7. The SMILES string of the molecule is Bc1c(C2=C3C=CC=CC3C(C)C=C2)sc2ccc(-c3cccc(-c4ccc5c6ccccc6c6ccccc6c5c4)c3)cc12. The first-order chi connectivity index (χ1) is 22.1. The highest BCUT2D eigenvalue weighted by molar-refractivity contribution is 7.21. The first kappa shape index (κ1) is 26.5. The van der Waals surface area contributed by atoms with E-state index in [-0.39, 0.29) is 0 Å². The van der Waals surface area contributed by atoms with Crippen LogP contribution in [0.4, 0.5) is 0 Å². The summed E-state index contributed by atoms with van der Waals surface area (Å²) < 4.78 is 1.35. The summed E-state index contributed by atoms with van der Waals surface area (Å²) in [6.45, 7) is 2.32. The number of benzene rings is 6. The van der Waals surface area contributed by atoms with Crippen LogP contribution in [0.25, 0.3) is 70.2 Å². The highest BCUT2D eigenvalue weighted by Crippen LogP contribution is 2.42. The van der Waals surface area contributed by atoms with Crippen LogP contribution in [0, 0.1) is 11.8 Å². The molecule has 2 atom stereocenters. The molecule has 0 amide bonds. The van der Waals surface area contributed by atoms with Crippen molar-refractivity contribution >= 4 is 72.6 Å². The third-order valence-corrected chi connectivity index (χ3v) is 11.3. The molecule has 0 saturated heterocycles. The zero-order chi connectivity index (χ0) is 30.1. The largest absolute Gasteiger partial charge is 0.142 e. The molecule has 0 radical (unpaired) electrons. The molecule has 0 aliphatic heterocycles. The second-order valence-electron chi connectivity index (χ2n) is 12.6. The minimum Gasteiger partial charge on any atom is -0.136 e. The first-order valence-electron chi connectivity index (χ1n) is 15.9. The van der Waals surface area contributed by atoms with Gasteiger partial charge in [-0.3, -0.25) is 0 Å². The molecular formula is C43H31BS. The van der Waals surface area contributed by atoms with Gasteiger partial charge in [0.25, 0.3) is 0 Å². The summed E-state index contributed by atoms with van der Waals surface area (Å²) >= 11 is 1.93. The van der Waals surface area contributed by atoms with Gasteiger partial charge in [0, 0.05) is 15.5 Å². The Morgan fingerprint density at radius 1 is 0.533 bits per heavy atom. The van der Waals surface area contributed by atoms with Crippen molar-refractivity contribution in [2.24, 2.45) is 11.8 Å². The maximum atomic E-state index is 2.40. The second-order valence-corrected chi connectivity index (χ2v) is 13.6. The normalized spacial score (nSPS) is 17.6. The summed E-state index contributed by atoms with van der Waals surface area (Å²) in [6.07, 6.45) is 13.8. The molecule has 0 fully saturated rings. The quantitative estimate of drug-likeness (QED) is 0.142. The van der Waals surface area contributed by atoms with Crippen molar-refractivity contribution in [1.82, 2.24) is 0 Å². The fourth-order valence-electron chi connectivity index (χ4n) is 7.58. The van der Waals surface area contributed by atoms with E-state index >= 15 is 0 Å². The summed E-state index contributed by atoms with van der Waals surface area (Å²) in [5.41, 5.74) is 9.22. The summed E-state index contributed by atoms with van der Waals surface area (Å²) in [7, 11) is 2.30. The molecule has 212 valence electrons. The molecule has 1 aromatic heterocycles. The molecular weight excluding hydrogens is 559 g/mol. The number of hydrogen-bond donors (Lipinski definition) is 0. The zero-order valence-electron chi connectivity index (χ0n) is 25.4. The van der Waals surface area contributed by atoms with E-state index in [0.29, 0.717) is 11.8 Å². The summed E-state index contributed by atoms with van der Waals surface area (Å²) in [5, 5.41) is 9.22. The number of fused-ring (bicyclic) bond motifs is 8. The van der Waals surface area contributed by atoms with Crippen molar-refractivity contribution in [3.05, 3.63) is 156 Å². The average molecular weight is 591 g/mol. The van der Waals surface area contributed by atoms with Crippen LogP contribution in [0.5, 0.6) is 0 Å². The topological polar surface area (TPSA) is 0 Å². The van der Waals surface area contributed by atoms with Crippen molar-refractivity contribution in [3.63, 3.8) is 0 Å². The van der Waals surface area contributed by atoms with Crippen LogP contribution in [-0.4, -0.2) is 7.85 Å². The lowest BCUT2D eigenvalue weighted by Gasteiger charge is -2.28. The van der Waals surface area contributed by atoms with Crippen LogP contribution in [0.1, 0.15) is 11.8 Å². The molecule has 0 saturated carbocycles. The fourth-order valence-corrected chi connectivity index (χ4v) is 8.82. The Morgan fingerprint density at radius 3 is 1.84 bits per heavy atom. The molecule has 0 spiro atoms. The van der Waals surface area contributed by atoms with Gasteiger partial charge in [-0.2, -0.15) is 0 Å². The Hall–Kier alpha value is -4.92. The highest BCUT2D eigenvalue weighted by atomic mass is 32.1. The van der Waals surface area contributed by atoms with Gasteiger partial charge in [0.2, 0.25) is 0 Å². The molecule has 2 heteroatoms. The molecule has 2 aliphatic carbocycles. The van der Waals surface area contributed by atoms with Crippen molar-refractivity contribution in [3.8, 4) is 22.3 Å². The van der Waals surface area contributed by atoms with Gasteiger partial charge >= 0.3 is 0 Å². The third-order valence-electron chi connectivity index (χ3n) is 9.96. The number of allylic oxidation sites excluding steroid dienone is 8. The van der Waals surface area contributed by atoms with E-state index in [4.69, 9.17) is 0 Å². The van der Waals surface area contributed by atoms with E-state index in [0.717, 1.165) is 0 Å². The number of thiophene rings is 1. The van der Waals surface area contributed by atoms with Crippen LogP contribution in [0.3, 0.4) is 0 Å². The molecule has 45 heavy (non-hydrogen) atoms. The Kier molecular flexibility index (Phi) is 6.08. The third kappa shape index (κ3) is 4.20. The smallest absolute Gasteiger partial charge is 0.136 e. The summed E-state index contributed by atoms with van der Waals surface area (Å²) in [5.74, 6) is 0.990. The van der Waals surface area contributed by atoms with Gasteiger partial charge in [-0.05, 0) is 101 Å². The highest BCUT2D eigenvalue weighted by Gasteiger charge is 2.25. The Balaban J connectivity index is 1.14. The standard InChI is InChI=1S/C43H31BS/c1-26-17-20-38(32-12-3-2-11-31(26)32)43-42(44)40-25-30(19-22-41(40)45-43)28-10-8-9-27(23-28)29-18-21-37-35-15-5-4-13-33(35)34-14-6-7-16-36(34)39(37)24-29/h2-26,31H,44H2,1H3. The summed E-state index contributed by atoms with van der Waals surface area (Å²) in [4.78, 5) is 1.40. The van der Waals surface area contributed by atoms with E-state index in [2.05, 4.69) is 160 Å². The number of rotatable bonds is 3. The average Bonchev–Trinajstić information content (AvgIpc) is 3.43. The molecule has 1 heterocycles. The van der Waals surface area contributed by atoms with Gasteiger partial charge in [0.05, 0.1) is 0 Å². The van der Waals surface area contributed by atoms with Crippen LogP contribution >= 0.6 is 11.3 Å². The molecule has 7 aromatic rings. The molecule has 6 aromatic carbocycles. The zero-order valence-corrected chi connectivity index (χ0v) is 26.2. The van der Waals surface area contributed by atoms with Gasteiger partial charge in [0.1, 0.15) is 7.85 Å². The van der Waals surface area contributed by atoms with Crippen molar-refractivity contribution in [2.75, 3.05) is 0 Å². The van der Waals surface area contributed by atoms with Gasteiger partial charge in [-0.25, -0.2) is 0 Å². The first-order valence-corrected chi connectivity index (χ1v) is 16.7. The second kappa shape index (κ2) is 10.3. The van der Waals surface area contributed by atoms with Gasteiger partial charge < -0.3 is 0 Å². The lowest BCUT2D eigenvalue weighted by atomic mass is 9.76.